The standard InChI is InChI=1S/C17H29NO7/c1-3-4-5-6-7-8-13(21)11-15(22)18-14(9-10-19)17(24)25-16(23)12(2)20/h12,14,19-20H,3-11H2,1-2H3,(H,18,22)/t12?,14-/m0/s1. The fourth-order valence-electron chi connectivity index (χ4n) is 2.07. The first-order chi connectivity index (χ1) is 11.8. The van der Waals surface area contributed by atoms with E-state index in [9.17, 15) is 19.2 Å². The SMILES string of the molecule is CCCCCCCC(=O)CC(=O)N[C@@H](CCO)C(=O)OC(=O)C(C)O. The van der Waals surface area contributed by atoms with Crippen molar-refractivity contribution in [3.8, 4) is 0 Å². The zero-order valence-corrected chi connectivity index (χ0v) is 15.0. The van der Waals surface area contributed by atoms with Gasteiger partial charge in [-0.25, -0.2) is 9.59 Å². The Kier molecular flexibility index (Phi) is 12.5. The highest BCUT2D eigenvalue weighted by Crippen LogP contribution is 2.07. The van der Waals surface area contributed by atoms with Crippen LogP contribution in [0.4, 0.5) is 0 Å². The van der Waals surface area contributed by atoms with Gasteiger partial charge in [0.2, 0.25) is 5.91 Å². The summed E-state index contributed by atoms with van der Waals surface area (Å²) in [5, 5.41) is 20.2. The number of ketones is 1. The number of carbonyl (C=O) groups excluding carboxylic acids is 4. The molecule has 144 valence electrons. The fourth-order valence-corrected chi connectivity index (χ4v) is 2.07. The number of carbonyl (C=O) groups is 4. The molecule has 0 bridgehead atoms. The first-order valence-corrected chi connectivity index (χ1v) is 8.67. The first-order valence-electron chi connectivity index (χ1n) is 8.67. The Morgan fingerprint density at radius 1 is 1.04 bits per heavy atom. The first kappa shape index (κ1) is 23.2. The van der Waals surface area contributed by atoms with Gasteiger partial charge in [-0.3, -0.25) is 9.59 Å². The molecule has 0 saturated heterocycles. The van der Waals surface area contributed by atoms with E-state index < -0.39 is 36.6 Å². The van der Waals surface area contributed by atoms with Crippen LogP contribution >= 0.6 is 0 Å². The predicted molar refractivity (Wildman–Crippen MR) is 89.4 cm³/mol. The van der Waals surface area contributed by atoms with Gasteiger partial charge in [0.25, 0.3) is 0 Å². The lowest BCUT2D eigenvalue weighted by Gasteiger charge is -2.16. The van der Waals surface area contributed by atoms with Gasteiger partial charge in [-0.05, 0) is 13.3 Å². The summed E-state index contributed by atoms with van der Waals surface area (Å²) in [5.74, 6) is -3.13. The van der Waals surface area contributed by atoms with Crippen molar-refractivity contribution in [3.63, 3.8) is 0 Å². The van der Waals surface area contributed by atoms with Crippen molar-refractivity contribution in [1.82, 2.24) is 5.32 Å². The minimum Gasteiger partial charge on any atom is -0.396 e. The molecule has 0 radical (unpaired) electrons. The number of unbranched alkanes of at least 4 members (excludes halogenated alkanes) is 4. The van der Waals surface area contributed by atoms with Crippen molar-refractivity contribution >= 4 is 23.6 Å². The molecule has 0 aliphatic heterocycles. The zero-order valence-electron chi connectivity index (χ0n) is 15.0. The van der Waals surface area contributed by atoms with E-state index >= 15 is 0 Å². The van der Waals surface area contributed by atoms with Crippen LogP contribution in [0.2, 0.25) is 0 Å². The maximum absolute atomic E-state index is 11.8. The van der Waals surface area contributed by atoms with Gasteiger partial charge in [-0.1, -0.05) is 32.6 Å². The van der Waals surface area contributed by atoms with Crippen molar-refractivity contribution in [2.45, 2.75) is 77.4 Å². The van der Waals surface area contributed by atoms with E-state index in [0.29, 0.717) is 6.42 Å². The summed E-state index contributed by atoms with van der Waals surface area (Å²) >= 11 is 0. The largest absolute Gasteiger partial charge is 0.396 e. The summed E-state index contributed by atoms with van der Waals surface area (Å²) in [6, 6.07) is -1.25. The maximum atomic E-state index is 11.8. The monoisotopic (exact) mass is 359 g/mol. The van der Waals surface area contributed by atoms with Crippen LogP contribution in [0.5, 0.6) is 0 Å². The van der Waals surface area contributed by atoms with Crippen molar-refractivity contribution in [3.05, 3.63) is 0 Å². The third kappa shape index (κ3) is 11.4. The van der Waals surface area contributed by atoms with Gasteiger partial charge in [0.05, 0.1) is 6.42 Å². The molecule has 1 unspecified atom stereocenters. The molecule has 0 fully saturated rings. The van der Waals surface area contributed by atoms with Crippen LogP contribution in [0.3, 0.4) is 0 Å². The number of ether oxygens (including phenoxy) is 1. The molecule has 0 aromatic carbocycles. The molecule has 3 N–H and O–H groups in total. The Morgan fingerprint density at radius 2 is 1.68 bits per heavy atom. The summed E-state index contributed by atoms with van der Waals surface area (Å²) in [4.78, 5) is 46.6. The van der Waals surface area contributed by atoms with Crippen molar-refractivity contribution in [1.29, 1.82) is 0 Å². The number of aliphatic hydroxyl groups excluding tert-OH is 2. The third-order valence-electron chi connectivity index (χ3n) is 3.50. The molecule has 25 heavy (non-hydrogen) atoms. The topological polar surface area (TPSA) is 130 Å². The highest BCUT2D eigenvalue weighted by molar-refractivity contribution is 6.00. The Morgan fingerprint density at radius 3 is 2.24 bits per heavy atom. The molecule has 0 saturated carbocycles. The van der Waals surface area contributed by atoms with E-state index in [4.69, 9.17) is 10.2 Å². The molecule has 0 aliphatic carbocycles. The van der Waals surface area contributed by atoms with Gasteiger partial charge in [-0.15, -0.1) is 0 Å². The zero-order chi connectivity index (χ0) is 19.2. The van der Waals surface area contributed by atoms with Gasteiger partial charge in [0.1, 0.15) is 17.9 Å². The molecular weight excluding hydrogens is 330 g/mol. The van der Waals surface area contributed by atoms with Crippen LogP contribution < -0.4 is 5.32 Å². The maximum Gasteiger partial charge on any atom is 0.342 e. The van der Waals surface area contributed by atoms with Crippen LogP contribution in [0.1, 0.15) is 65.2 Å². The lowest BCUT2D eigenvalue weighted by atomic mass is 10.1. The number of amides is 1. The fraction of sp³-hybridized carbons (Fsp3) is 0.765. The van der Waals surface area contributed by atoms with Crippen LogP contribution in [0.25, 0.3) is 0 Å². The average Bonchev–Trinajstić information content (AvgIpc) is 2.53. The molecular formula is C17H29NO7. The number of hydrogen-bond donors (Lipinski definition) is 3. The van der Waals surface area contributed by atoms with Crippen LogP contribution in [0, 0.1) is 0 Å². The molecule has 1 amide bonds. The molecule has 0 aromatic rings. The average molecular weight is 359 g/mol. The second-order valence-electron chi connectivity index (χ2n) is 5.93. The molecule has 8 heteroatoms. The Labute approximate surface area is 147 Å². The second-order valence-corrected chi connectivity index (χ2v) is 5.93. The highest BCUT2D eigenvalue weighted by Gasteiger charge is 2.26. The number of Topliss-reactive ketones (excluding diaryl/α,β-unsaturated/α-hetero) is 1. The minimum atomic E-state index is -1.48. The normalized spacial score (nSPS) is 13.0. The van der Waals surface area contributed by atoms with Crippen molar-refractivity contribution in [2.24, 2.45) is 0 Å². The van der Waals surface area contributed by atoms with E-state index in [1.807, 2.05) is 0 Å². The number of rotatable bonds is 13. The molecule has 0 spiro atoms. The van der Waals surface area contributed by atoms with E-state index in [-0.39, 0.29) is 18.6 Å². The number of aliphatic hydroxyl groups is 2. The van der Waals surface area contributed by atoms with Crippen LogP contribution in [0.15, 0.2) is 0 Å². The van der Waals surface area contributed by atoms with Gasteiger partial charge in [0, 0.05) is 19.4 Å². The van der Waals surface area contributed by atoms with Crippen molar-refractivity contribution in [2.75, 3.05) is 6.61 Å². The number of nitrogens with one attached hydrogen (secondary N) is 1. The smallest absolute Gasteiger partial charge is 0.342 e. The quantitative estimate of drug-likeness (QED) is 0.250. The Hall–Kier alpha value is -1.80. The molecule has 0 aliphatic rings. The Balaban J connectivity index is 4.32. The molecule has 0 heterocycles. The van der Waals surface area contributed by atoms with Crippen LogP contribution in [-0.4, -0.2) is 52.6 Å². The summed E-state index contributed by atoms with van der Waals surface area (Å²) in [7, 11) is 0. The van der Waals surface area contributed by atoms with E-state index in [0.717, 1.165) is 39.0 Å². The minimum absolute atomic E-state index is 0.164. The van der Waals surface area contributed by atoms with E-state index in [1.165, 1.54) is 0 Å². The van der Waals surface area contributed by atoms with Gasteiger partial charge < -0.3 is 20.3 Å². The predicted octanol–water partition coefficient (Wildman–Crippen LogP) is 0.624. The van der Waals surface area contributed by atoms with Gasteiger partial charge in [0.15, 0.2) is 0 Å². The molecule has 0 rings (SSSR count). The van der Waals surface area contributed by atoms with Crippen molar-refractivity contribution < 1.29 is 34.1 Å². The lowest BCUT2D eigenvalue weighted by Crippen LogP contribution is -2.44. The molecule has 2 atom stereocenters. The van der Waals surface area contributed by atoms with Gasteiger partial charge >= 0.3 is 11.9 Å². The van der Waals surface area contributed by atoms with Crippen LogP contribution in [-0.2, 0) is 23.9 Å². The van der Waals surface area contributed by atoms with Gasteiger partial charge in [-0.2, -0.15) is 0 Å². The summed E-state index contributed by atoms with van der Waals surface area (Å²) in [6.45, 7) is 2.81. The summed E-state index contributed by atoms with van der Waals surface area (Å²) in [6.07, 6.45) is 3.21. The Bertz CT molecular complexity index is 448. The molecule has 8 nitrogen and oxygen atoms in total. The summed E-state index contributed by atoms with van der Waals surface area (Å²) < 4.78 is 4.40. The van der Waals surface area contributed by atoms with E-state index in [1.54, 1.807) is 0 Å². The number of esters is 2. The summed E-state index contributed by atoms with van der Waals surface area (Å²) in [5.41, 5.74) is 0. The second kappa shape index (κ2) is 13.5. The van der Waals surface area contributed by atoms with E-state index in [2.05, 4.69) is 17.0 Å². The molecule has 0 aromatic heterocycles. The number of hydrogen-bond acceptors (Lipinski definition) is 7. The lowest BCUT2D eigenvalue weighted by molar-refractivity contribution is -0.167. The third-order valence-corrected chi connectivity index (χ3v) is 3.50. The highest BCUT2D eigenvalue weighted by atomic mass is 16.6.